The van der Waals surface area contributed by atoms with Crippen LogP contribution in [0.4, 0.5) is 16.3 Å². The lowest BCUT2D eigenvalue weighted by molar-refractivity contribution is 0.0498. The molecule has 2 fully saturated rings. The van der Waals surface area contributed by atoms with Gasteiger partial charge in [-0.05, 0) is 52.4 Å². The molecule has 2 aliphatic rings. The Morgan fingerprint density at radius 2 is 2.07 bits per heavy atom. The highest BCUT2D eigenvalue weighted by atomic mass is 16.6. The molecule has 0 aromatic carbocycles. The Morgan fingerprint density at radius 1 is 1.32 bits per heavy atom. The summed E-state index contributed by atoms with van der Waals surface area (Å²) in [5, 5.41) is 15.5. The average molecular weight is 387 g/mol. The Labute approximate surface area is 165 Å². The fourth-order valence-corrected chi connectivity index (χ4v) is 3.61. The molecule has 2 aromatic rings. The maximum atomic E-state index is 11.8. The van der Waals surface area contributed by atoms with E-state index >= 15 is 0 Å². The molecule has 2 aliphatic carbocycles. The average Bonchev–Trinajstić information content (AvgIpc) is 3.20. The third-order valence-corrected chi connectivity index (χ3v) is 5.33. The number of aryl methyl sites for hydroxylation is 1. The maximum Gasteiger partial charge on any atom is 0.407 e. The van der Waals surface area contributed by atoms with Crippen LogP contribution >= 0.6 is 0 Å². The number of nitrogens with zero attached hydrogens (tertiary/aromatic N) is 4. The van der Waals surface area contributed by atoms with Crippen LogP contribution in [0.15, 0.2) is 18.5 Å². The fourth-order valence-electron chi connectivity index (χ4n) is 3.61. The number of alkyl carbamates (subject to hydrolysis) is 1. The van der Waals surface area contributed by atoms with Gasteiger partial charge in [0.05, 0.1) is 23.6 Å². The summed E-state index contributed by atoms with van der Waals surface area (Å²) >= 11 is 0. The third-order valence-electron chi connectivity index (χ3n) is 5.33. The monoisotopic (exact) mass is 386 g/mol. The molecule has 0 saturated heterocycles. The van der Waals surface area contributed by atoms with Crippen molar-refractivity contribution in [1.82, 2.24) is 24.9 Å². The minimum Gasteiger partial charge on any atom is -0.444 e. The first-order valence-corrected chi connectivity index (χ1v) is 10.1. The summed E-state index contributed by atoms with van der Waals surface area (Å²) in [7, 11) is 1.93. The maximum absolute atomic E-state index is 11.8. The summed E-state index contributed by atoms with van der Waals surface area (Å²) in [6, 6.07) is 2.36. The Hall–Kier alpha value is -2.51. The van der Waals surface area contributed by atoms with Gasteiger partial charge in [-0.25, -0.2) is 4.79 Å². The first-order valence-electron chi connectivity index (χ1n) is 10.1. The number of amides is 1. The minimum atomic E-state index is -0.461. The quantitative estimate of drug-likeness (QED) is 0.790. The summed E-state index contributed by atoms with van der Waals surface area (Å²) < 4.78 is 9.23. The molecule has 0 aliphatic heterocycles. The smallest absolute Gasteiger partial charge is 0.407 e. The van der Waals surface area contributed by atoms with Crippen molar-refractivity contribution in [2.45, 2.75) is 64.0 Å². The van der Waals surface area contributed by atoms with Crippen molar-refractivity contribution in [1.29, 1.82) is 0 Å². The van der Waals surface area contributed by atoms with E-state index in [0.29, 0.717) is 24.4 Å². The lowest BCUT2D eigenvalue weighted by atomic mass is 9.80. The molecule has 2 heterocycles. The lowest BCUT2D eigenvalue weighted by Crippen LogP contribution is -2.39. The van der Waals surface area contributed by atoms with E-state index in [2.05, 4.69) is 26.6 Å². The Morgan fingerprint density at radius 3 is 2.68 bits per heavy atom. The first-order chi connectivity index (χ1) is 13.3. The Balaban J connectivity index is 1.33. The van der Waals surface area contributed by atoms with E-state index in [1.807, 2.05) is 38.6 Å². The fraction of sp³-hybridized carbons (Fsp3) is 0.650. The van der Waals surface area contributed by atoms with Gasteiger partial charge >= 0.3 is 6.09 Å². The van der Waals surface area contributed by atoms with Crippen molar-refractivity contribution >= 4 is 17.6 Å². The molecule has 4 rings (SSSR count). The number of hydrogen-bond acceptors (Lipinski definition) is 5. The summed E-state index contributed by atoms with van der Waals surface area (Å²) in [4.78, 5) is 11.8. The van der Waals surface area contributed by atoms with E-state index < -0.39 is 5.60 Å². The zero-order valence-electron chi connectivity index (χ0n) is 17.1. The van der Waals surface area contributed by atoms with Crippen molar-refractivity contribution in [3.63, 3.8) is 0 Å². The van der Waals surface area contributed by atoms with Gasteiger partial charge in [0, 0.05) is 31.8 Å². The van der Waals surface area contributed by atoms with Crippen molar-refractivity contribution < 1.29 is 9.53 Å². The number of carbonyl (C=O) groups is 1. The molecule has 152 valence electrons. The molecule has 0 spiro atoms. The molecule has 8 heteroatoms. The molecule has 0 radical (unpaired) electrons. The second kappa shape index (κ2) is 7.14. The van der Waals surface area contributed by atoms with Gasteiger partial charge in [-0.3, -0.25) is 9.36 Å². The van der Waals surface area contributed by atoms with Crippen LogP contribution in [-0.2, 0) is 11.8 Å². The zero-order valence-corrected chi connectivity index (χ0v) is 17.1. The standard InChI is InChI=1S/C20H30N6O2/c1-20(2,3)28-19(27)21-11-13-9-15(10-13)26-12-16(18(24-26)14-5-6-14)23-17-7-8-22-25(17)4/h7-8,12-15,23H,5-6,9-11H2,1-4H3,(H,21,27). The predicted octanol–water partition coefficient (Wildman–Crippen LogP) is 3.71. The van der Waals surface area contributed by atoms with Gasteiger partial charge in [0.25, 0.3) is 0 Å². The van der Waals surface area contributed by atoms with E-state index in [-0.39, 0.29) is 6.09 Å². The summed E-state index contributed by atoms with van der Waals surface area (Å²) in [6.45, 7) is 6.27. The summed E-state index contributed by atoms with van der Waals surface area (Å²) in [5.74, 6) is 2.01. The molecule has 0 bridgehead atoms. The van der Waals surface area contributed by atoms with Gasteiger partial charge in [0.15, 0.2) is 0 Å². The van der Waals surface area contributed by atoms with Gasteiger partial charge in [-0.1, -0.05) is 0 Å². The molecule has 0 atom stereocenters. The lowest BCUT2D eigenvalue weighted by Gasteiger charge is -2.35. The van der Waals surface area contributed by atoms with Gasteiger partial charge < -0.3 is 15.4 Å². The van der Waals surface area contributed by atoms with Crippen LogP contribution in [0.1, 0.15) is 64.1 Å². The summed E-state index contributed by atoms with van der Waals surface area (Å²) in [5.41, 5.74) is 1.79. The van der Waals surface area contributed by atoms with E-state index in [1.165, 1.54) is 12.8 Å². The second-order valence-electron chi connectivity index (χ2n) is 9.02. The molecule has 0 unspecified atom stereocenters. The van der Waals surface area contributed by atoms with E-state index in [1.54, 1.807) is 6.20 Å². The molecular formula is C20H30N6O2. The van der Waals surface area contributed by atoms with Crippen LogP contribution in [-0.4, -0.2) is 37.8 Å². The van der Waals surface area contributed by atoms with Crippen LogP contribution in [0.3, 0.4) is 0 Å². The number of anilines is 2. The molecule has 8 nitrogen and oxygen atoms in total. The number of hydrogen-bond donors (Lipinski definition) is 2. The molecular weight excluding hydrogens is 356 g/mol. The van der Waals surface area contributed by atoms with Gasteiger partial charge in [-0.15, -0.1) is 0 Å². The van der Waals surface area contributed by atoms with Crippen LogP contribution < -0.4 is 10.6 Å². The summed E-state index contributed by atoms with van der Waals surface area (Å²) in [6.07, 6.45) is 8.04. The van der Waals surface area contributed by atoms with Crippen LogP contribution in [0.25, 0.3) is 0 Å². The van der Waals surface area contributed by atoms with Crippen LogP contribution in [0, 0.1) is 5.92 Å². The van der Waals surface area contributed by atoms with E-state index in [9.17, 15) is 4.79 Å². The van der Waals surface area contributed by atoms with Gasteiger partial charge in [0.1, 0.15) is 11.4 Å². The number of rotatable bonds is 6. The van der Waals surface area contributed by atoms with Crippen molar-refractivity contribution in [3.8, 4) is 0 Å². The highest BCUT2D eigenvalue weighted by Crippen LogP contribution is 2.45. The zero-order chi connectivity index (χ0) is 19.9. The van der Waals surface area contributed by atoms with Crippen LogP contribution in [0.5, 0.6) is 0 Å². The molecule has 28 heavy (non-hydrogen) atoms. The largest absolute Gasteiger partial charge is 0.444 e. The third kappa shape index (κ3) is 4.31. The van der Waals surface area contributed by atoms with Crippen molar-refractivity contribution in [2.75, 3.05) is 11.9 Å². The van der Waals surface area contributed by atoms with E-state index in [4.69, 9.17) is 9.84 Å². The number of aromatic nitrogens is 4. The molecule has 1 amide bonds. The molecule has 2 saturated carbocycles. The normalized spacial score (nSPS) is 21.9. The predicted molar refractivity (Wildman–Crippen MR) is 107 cm³/mol. The Kier molecular flexibility index (Phi) is 4.81. The number of ether oxygens (including phenoxy) is 1. The van der Waals surface area contributed by atoms with E-state index in [0.717, 1.165) is 30.0 Å². The minimum absolute atomic E-state index is 0.339. The van der Waals surface area contributed by atoms with Gasteiger partial charge in [-0.2, -0.15) is 10.2 Å². The first kappa shape index (κ1) is 18.8. The SMILES string of the molecule is Cn1nccc1Nc1cn(C2CC(CNC(=O)OC(C)(C)C)C2)nc1C1CC1. The van der Waals surface area contributed by atoms with Crippen LogP contribution in [0.2, 0.25) is 0 Å². The van der Waals surface area contributed by atoms with Crippen molar-refractivity contribution in [2.24, 2.45) is 13.0 Å². The Bertz CT molecular complexity index is 839. The number of nitrogens with one attached hydrogen (secondary N) is 2. The molecule has 2 aromatic heterocycles. The second-order valence-corrected chi connectivity index (χ2v) is 9.02. The molecule has 2 N–H and O–H groups in total. The van der Waals surface area contributed by atoms with Crippen molar-refractivity contribution in [3.05, 3.63) is 24.2 Å². The highest BCUT2D eigenvalue weighted by Gasteiger charge is 2.35. The number of carbonyl (C=O) groups excluding carboxylic acids is 1. The highest BCUT2D eigenvalue weighted by molar-refractivity contribution is 5.67. The topological polar surface area (TPSA) is 86.0 Å². The van der Waals surface area contributed by atoms with Gasteiger partial charge in [0.2, 0.25) is 0 Å².